The molecule has 0 radical (unpaired) electrons. The highest BCUT2D eigenvalue weighted by Crippen LogP contribution is 2.19. The summed E-state index contributed by atoms with van der Waals surface area (Å²) in [4.78, 5) is 16.1. The van der Waals surface area contributed by atoms with Crippen molar-refractivity contribution in [3.63, 3.8) is 0 Å². The maximum atomic E-state index is 12.0. The van der Waals surface area contributed by atoms with Crippen molar-refractivity contribution < 1.29 is 9.90 Å². The monoisotopic (exact) mass is 308 g/mol. The number of carbonyl (C=O) groups excluding carboxylic acids is 1. The third-order valence-electron chi connectivity index (χ3n) is 3.42. The summed E-state index contributed by atoms with van der Waals surface area (Å²) < 4.78 is 0. The van der Waals surface area contributed by atoms with Crippen LogP contribution in [0, 0.1) is 0 Å². The Labute approximate surface area is 133 Å². The van der Waals surface area contributed by atoms with Gasteiger partial charge < -0.3 is 10.4 Å². The van der Waals surface area contributed by atoms with Gasteiger partial charge in [-0.15, -0.1) is 0 Å². The normalized spacial score (nSPS) is 11.9. The van der Waals surface area contributed by atoms with E-state index in [0.29, 0.717) is 11.5 Å². The number of aliphatic hydroxyl groups is 1. The van der Waals surface area contributed by atoms with Gasteiger partial charge in [-0.05, 0) is 29.8 Å². The molecule has 3 rings (SSSR count). The van der Waals surface area contributed by atoms with Crippen LogP contribution in [0.1, 0.15) is 18.1 Å². The molecule has 3 N–H and O–H groups in total. The van der Waals surface area contributed by atoms with Gasteiger partial charge in [-0.25, -0.2) is 4.98 Å². The Morgan fingerprint density at radius 2 is 1.87 bits per heavy atom. The number of aromatic amines is 1. The van der Waals surface area contributed by atoms with Crippen molar-refractivity contribution in [3.8, 4) is 11.4 Å². The maximum absolute atomic E-state index is 12.0. The molecule has 3 aromatic rings. The topological polar surface area (TPSA) is 90.9 Å². The van der Waals surface area contributed by atoms with Crippen molar-refractivity contribution in [3.05, 3.63) is 66.5 Å². The van der Waals surface area contributed by atoms with Gasteiger partial charge in [0.1, 0.15) is 6.33 Å². The molecule has 0 fully saturated rings. The third-order valence-corrected chi connectivity index (χ3v) is 3.42. The molecule has 23 heavy (non-hydrogen) atoms. The number of benzene rings is 2. The molecule has 0 aliphatic heterocycles. The molecule has 0 spiro atoms. The Kier molecular flexibility index (Phi) is 4.44. The van der Waals surface area contributed by atoms with Crippen LogP contribution in [0.3, 0.4) is 0 Å². The van der Waals surface area contributed by atoms with E-state index in [0.717, 1.165) is 11.1 Å². The zero-order valence-corrected chi connectivity index (χ0v) is 12.3. The van der Waals surface area contributed by atoms with E-state index in [9.17, 15) is 9.90 Å². The van der Waals surface area contributed by atoms with Crippen LogP contribution in [0.25, 0.3) is 11.4 Å². The van der Waals surface area contributed by atoms with Gasteiger partial charge in [0.05, 0.1) is 12.5 Å². The minimum absolute atomic E-state index is 0.00781. The van der Waals surface area contributed by atoms with E-state index in [1.807, 2.05) is 30.3 Å². The van der Waals surface area contributed by atoms with Crippen LogP contribution in [0.4, 0.5) is 5.69 Å². The molecular weight excluding hydrogens is 292 g/mol. The molecule has 0 saturated heterocycles. The second-order valence-corrected chi connectivity index (χ2v) is 5.09. The van der Waals surface area contributed by atoms with Crippen LogP contribution in [-0.4, -0.2) is 26.2 Å². The standard InChI is InChI=1S/C17H16N4O2/c22-15(12-4-2-1-3-5-12)10-16(23)20-14-8-6-13(7-9-14)17-18-11-19-21-17/h1-9,11,15,22H,10H2,(H,20,23)(H,18,19,21). The van der Waals surface area contributed by atoms with E-state index < -0.39 is 6.10 Å². The fraction of sp³-hybridized carbons (Fsp3) is 0.118. The van der Waals surface area contributed by atoms with Gasteiger partial charge in [0, 0.05) is 11.3 Å². The Bertz CT molecular complexity index is 755. The van der Waals surface area contributed by atoms with E-state index in [2.05, 4.69) is 20.5 Å². The lowest BCUT2D eigenvalue weighted by Gasteiger charge is -2.11. The summed E-state index contributed by atoms with van der Waals surface area (Å²) in [5, 5.41) is 19.4. The minimum Gasteiger partial charge on any atom is -0.388 e. The largest absolute Gasteiger partial charge is 0.388 e. The van der Waals surface area contributed by atoms with Gasteiger partial charge in [-0.2, -0.15) is 5.10 Å². The molecule has 0 aliphatic carbocycles. The second-order valence-electron chi connectivity index (χ2n) is 5.09. The molecule has 2 aromatic carbocycles. The van der Waals surface area contributed by atoms with Gasteiger partial charge in [0.25, 0.3) is 0 Å². The zero-order chi connectivity index (χ0) is 16.1. The van der Waals surface area contributed by atoms with Crippen LogP contribution in [0.2, 0.25) is 0 Å². The highest BCUT2D eigenvalue weighted by atomic mass is 16.3. The van der Waals surface area contributed by atoms with E-state index in [4.69, 9.17) is 0 Å². The average molecular weight is 308 g/mol. The number of nitrogens with one attached hydrogen (secondary N) is 2. The molecule has 6 nitrogen and oxygen atoms in total. The van der Waals surface area contributed by atoms with Crippen molar-refractivity contribution in [1.29, 1.82) is 0 Å². The van der Waals surface area contributed by atoms with Gasteiger partial charge in [-0.3, -0.25) is 9.89 Å². The van der Waals surface area contributed by atoms with Gasteiger partial charge >= 0.3 is 0 Å². The predicted octanol–water partition coefficient (Wildman–Crippen LogP) is 2.53. The van der Waals surface area contributed by atoms with E-state index in [-0.39, 0.29) is 12.3 Å². The number of anilines is 1. The van der Waals surface area contributed by atoms with Crippen molar-refractivity contribution in [2.75, 3.05) is 5.32 Å². The summed E-state index contributed by atoms with van der Waals surface area (Å²) >= 11 is 0. The van der Waals surface area contributed by atoms with Crippen molar-refractivity contribution in [2.24, 2.45) is 0 Å². The maximum Gasteiger partial charge on any atom is 0.227 e. The van der Waals surface area contributed by atoms with E-state index in [1.165, 1.54) is 6.33 Å². The quantitative estimate of drug-likeness (QED) is 0.675. The molecule has 1 aromatic heterocycles. The van der Waals surface area contributed by atoms with Crippen molar-refractivity contribution >= 4 is 11.6 Å². The fourth-order valence-corrected chi connectivity index (χ4v) is 2.24. The Hall–Kier alpha value is -2.99. The Balaban J connectivity index is 1.60. The number of hydrogen-bond acceptors (Lipinski definition) is 4. The first-order valence-electron chi connectivity index (χ1n) is 7.21. The molecule has 1 amide bonds. The number of amides is 1. The highest BCUT2D eigenvalue weighted by Gasteiger charge is 2.13. The number of H-pyrrole nitrogens is 1. The lowest BCUT2D eigenvalue weighted by molar-refractivity contribution is -0.118. The number of hydrogen-bond donors (Lipinski definition) is 3. The van der Waals surface area contributed by atoms with E-state index in [1.54, 1.807) is 24.3 Å². The van der Waals surface area contributed by atoms with Crippen molar-refractivity contribution in [2.45, 2.75) is 12.5 Å². The summed E-state index contributed by atoms with van der Waals surface area (Å²) in [6, 6.07) is 16.4. The van der Waals surface area contributed by atoms with Gasteiger partial charge in [0.2, 0.25) is 5.91 Å². The third kappa shape index (κ3) is 3.81. The lowest BCUT2D eigenvalue weighted by Crippen LogP contribution is -2.15. The zero-order valence-electron chi connectivity index (χ0n) is 12.3. The molecule has 0 bridgehead atoms. The number of carbonyl (C=O) groups is 1. The number of nitrogens with zero attached hydrogens (tertiary/aromatic N) is 2. The Morgan fingerprint density at radius 1 is 1.13 bits per heavy atom. The van der Waals surface area contributed by atoms with Crippen LogP contribution >= 0.6 is 0 Å². The molecule has 0 aliphatic rings. The average Bonchev–Trinajstić information content (AvgIpc) is 3.11. The molecular formula is C17H16N4O2. The SMILES string of the molecule is O=C(CC(O)c1ccccc1)Nc1ccc(-c2ncn[nH]2)cc1. The first-order valence-corrected chi connectivity index (χ1v) is 7.21. The first-order chi connectivity index (χ1) is 11.2. The first kappa shape index (κ1) is 14.9. The summed E-state index contributed by atoms with van der Waals surface area (Å²) in [6.07, 6.45) is 0.633. The summed E-state index contributed by atoms with van der Waals surface area (Å²) in [5.41, 5.74) is 2.27. The molecule has 0 saturated carbocycles. The second kappa shape index (κ2) is 6.85. The van der Waals surface area contributed by atoms with Crippen molar-refractivity contribution in [1.82, 2.24) is 15.2 Å². The van der Waals surface area contributed by atoms with E-state index >= 15 is 0 Å². The highest BCUT2D eigenvalue weighted by molar-refractivity contribution is 5.91. The Morgan fingerprint density at radius 3 is 2.52 bits per heavy atom. The predicted molar refractivity (Wildman–Crippen MR) is 86.5 cm³/mol. The molecule has 116 valence electrons. The summed E-state index contributed by atoms with van der Waals surface area (Å²) in [6.45, 7) is 0. The van der Waals surface area contributed by atoms with Gasteiger partial charge in [0.15, 0.2) is 5.82 Å². The fourth-order valence-electron chi connectivity index (χ4n) is 2.24. The molecule has 1 atom stereocenters. The molecule has 6 heteroatoms. The number of aliphatic hydroxyl groups excluding tert-OH is 1. The van der Waals surface area contributed by atoms with Crippen LogP contribution < -0.4 is 5.32 Å². The number of rotatable bonds is 5. The molecule has 1 heterocycles. The van der Waals surface area contributed by atoms with Crippen LogP contribution in [0.15, 0.2) is 60.9 Å². The lowest BCUT2D eigenvalue weighted by atomic mass is 10.1. The summed E-state index contributed by atoms with van der Waals surface area (Å²) in [7, 11) is 0. The summed E-state index contributed by atoms with van der Waals surface area (Å²) in [5.74, 6) is 0.427. The van der Waals surface area contributed by atoms with Crippen LogP contribution in [-0.2, 0) is 4.79 Å². The smallest absolute Gasteiger partial charge is 0.227 e. The minimum atomic E-state index is -0.815. The number of aromatic nitrogens is 3. The van der Waals surface area contributed by atoms with Crippen LogP contribution in [0.5, 0.6) is 0 Å². The van der Waals surface area contributed by atoms with Gasteiger partial charge in [-0.1, -0.05) is 30.3 Å². The molecule has 1 unspecified atom stereocenters.